The normalized spacial score (nSPS) is 15.5. The minimum absolute atomic E-state index is 0.0320. The molecule has 31 heavy (non-hydrogen) atoms. The number of ether oxygens (including phenoxy) is 3. The maximum Gasteiger partial charge on any atom is 0.311 e. The molecule has 1 N–H and O–H groups in total. The number of rotatable bonds is 7. The van der Waals surface area contributed by atoms with Crippen molar-refractivity contribution in [2.75, 3.05) is 37.6 Å². The lowest BCUT2D eigenvalue weighted by molar-refractivity contribution is -0.151. The van der Waals surface area contributed by atoms with Gasteiger partial charge in [0.2, 0.25) is 5.91 Å². The van der Waals surface area contributed by atoms with E-state index < -0.39 is 24.4 Å². The third-order valence-electron chi connectivity index (χ3n) is 4.68. The van der Waals surface area contributed by atoms with Crippen LogP contribution >= 0.6 is 23.2 Å². The van der Waals surface area contributed by atoms with Gasteiger partial charge in [-0.3, -0.25) is 14.4 Å². The molecule has 1 atom stereocenters. The number of carbonyl (C=O) groups excluding carboxylic acids is 3. The molecule has 1 fully saturated rings. The van der Waals surface area contributed by atoms with E-state index in [1.165, 1.54) is 31.3 Å². The lowest BCUT2D eigenvalue weighted by Crippen LogP contribution is -2.28. The fourth-order valence-corrected chi connectivity index (χ4v) is 3.48. The van der Waals surface area contributed by atoms with Crippen LogP contribution in [-0.4, -0.2) is 45.2 Å². The van der Waals surface area contributed by atoms with Gasteiger partial charge in [0.25, 0.3) is 5.91 Å². The van der Waals surface area contributed by atoms with Crippen molar-refractivity contribution in [3.8, 4) is 11.5 Å². The van der Waals surface area contributed by atoms with E-state index in [0.29, 0.717) is 32.9 Å². The van der Waals surface area contributed by atoms with Crippen LogP contribution in [-0.2, 0) is 19.1 Å². The summed E-state index contributed by atoms with van der Waals surface area (Å²) in [5, 5.41) is 3.23. The lowest BCUT2D eigenvalue weighted by atomic mass is 10.1. The van der Waals surface area contributed by atoms with Crippen molar-refractivity contribution < 1.29 is 28.6 Å². The van der Waals surface area contributed by atoms with Gasteiger partial charge >= 0.3 is 5.97 Å². The Bertz CT molecular complexity index is 1010. The summed E-state index contributed by atoms with van der Waals surface area (Å²) >= 11 is 11.9. The zero-order valence-electron chi connectivity index (χ0n) is 16.8. The Kier molecular flexibility index (Phi) is 7.25. The van der Waals surface area contributed by atoms with Crippen LogP contribution in [0.1, 0.15) is 6.42 Å². The highest BCUT2D eigenvalue weighted by molar-refractivity contribution is 6.35. The molecular weight excluding hydrogens is 447 g/mol. The Hall–Kier alpha value is -2.97. The molecule has 2 aromatic carbocycles. The fraction of sp³-hybridized carbons (Fsp3) is 0.286. The van der Waals surface area contributed by atoms with Crippen LogP contribution in [0.3, 0.4) is 0 Å². The zero-order valence-corrected chi connectivity index (χ0v) is 18.3. The summed E-state index contributed by atoms with van der Waals surface area (Å²) in [5.41, 5.74) is 0.834. The average Bonchev–Trinajstić information content (AvgIpc) is 3.15. The number of methoxy groups -OCH3 is 2. The minimum Gasteiger partial charge on any atom is -0.497 e. The molecular formula is C21H20Cl2N2O6. The molecule has 0 bridgehead atoms. The summed E-state index contributed by atoms with van der Waals surface area (Å²) in [6.45, 7) is -0.402. The van der Waals surface area contributed by atoms with Crippen LogP contribution in [0, 0.1) is 5.92 Å². The van der Waals surface area contributed by atoms with E-state index >= 15 is 0 Å². The zero-order chi connectivity index (χ0) is 22.5. The van der Waals surface area contributed by atoms with E-state index in [9.17, 15) is 14.4 Å². The summed E-state index contributed by atoms with van der Waals surface area (Å²) in [6.07, 6.45) is -0.0320. The number of esters is 1. The molecule has 1 aliphatic heterocycles. The first-order chi connectivity index (χ1) is 14.8. The van der Waals surface area contributed by atoms with Crippen molar-refractivity contribution in [1.82, 2.24) is 0 Å². The van der Waals surface area contributed by atoms with E-state index in [0.717, 1.165) is 0 Å². The van der Waals surface area contributed by atoms with Gasteiger partial charge in [-0.2, -0.15) is 0 Å². The first-order valence-corrected chi connectivity index (χ1v) is 10.0. The number of halogens is 2. The number of hydrogen-bond acceptors (Lipinski definition) is 6. The summed E-state index contributed by atoms with van der Waals surface area (Å²) < 4.78 is 15.6. The largest absolute Gasteiger partial charge is 0.497 e. The van der Waals surface area contributed by atoms with Gasteiger partial charge in [0.05, 0.1) is 36.5 Å². The molecule has 1 heterocycles. The van der Waals surface area contributed by atoms with Crippen molar-refractivity contribution >= 4 is 52.4 Å². The van der Waals surface area contributed by atoms with Crippen LogP contribution in [0.25, 0.3) is 0 Å². The van der Waals surface area contributed by atoms with Gasteiger partial charge in [0, 0.05) is 24.1 Å². The number of benzene rings is 2. The van der Waals surface area contributed by atoms with Gasteiger partial charge in [-0.15, -0.1) is 0 Å². The van der Waals surface area contributed by atoms with Crippen LogP contribution in [0.4, 0.5) is 11.4 Å². The molecule has 0 unspecified atom stereocenters. The van der Waals surface area contributed by atoms with Gasteiger partial charge in [-0.1, -0.05) is 23.2 Å². The first-order valence-electron chi connectivity index (χ1n) is 9.26. The minimum atomic E-state index is -0.707. The van der Waals surface area contributed by atoms with Gasteiger partial charge in [-0.25, -0.2) is 0 Å². The lowest BCUT2D eigenvalue weighted by Gasteiger charge is -2.20. The van der Waals surface area contributed by atoms with Gasteiger partial charge in [-0.05, 0) is 30.3 Å². The maximum absolute atomic E-state index is 12.5. The molecule has 0 aromatic heterocycles. The van der Waals surface area contributed by atoms with Gasteiger partial charge in [0.15, 0.2) is 6.61 Å². The number of amides is 2. The smallest absolute Gasteiger partial charge is 0.311 e. The summed E-state index contributed by atoms with van der Waals surface area (Å²) in [4.78, 5) is 38.5. The Morgan fingerprint density at radius 1 is 1.13 bits per heavy atom. The number of hydrogen-bond donors (Lipinski definition) is 1. The molecule has 1 aliphatic rings. The highest BCUT2D eigenvalue weighted by Gasteiger charge is 2.37. The average molecular weight is 467 g/mol. The molecule has 0 spiro atoms. The third-order valence-corrected chi connectivity index (χ3v) is 5.25. The molecule has 0 radical (unpaired) electrons. The monoisotopic (exact) mass is 466 g/mol. The Labute approximate surface area is 189 Å². The van der Waals surface area contributed by atoms with Crippen molar-refractivity contribution in [3.63, 3.8) is 0 Å². The van der Waals surface area contributed by atoms with Crippen molar-refractivity contribution in [1.29, 1.82) is 0 Å². The topological polar surface area (TPSA) is 94.2 Å². The van der Waals surface area contributed by atoms with E-state index in [2.05, 4.69) is 5.32 Å². The Balaban J connectivity index is 1.59. The number of carbonyl (C=O) groups is 3. The summed E-state index contributed by atoms with van der Waals surface area (Å²) in [7, 11) is 3.01. The van der Waals surface area contributed by atoms with E-state index in [-0.39, 0.29) is 18.9 Å². The maximum atomic E-state index is 12.5. The third kappa shape index (κ3) is 5.39. The van der Waals surface area contributed by atoms with Crippen LogP contribution in [0.5, 0.6) is 11.5 Å². The number of nitrogens with one attached hydrogen (secondary N) is 1. The summed E-state index contributed by atoms with van der Waals surface area (Å²) in [6, 6.07) is 9.64. The molecule has 164 valence electrons. The standard InChI is InChI=1S/C21H20Cl2N2O6/c1-29-14-4-6-17(18(9-14)30-2)25-10-12(7-20(25)27)21(28)31-11-19(26)24-16-8-13(22)3-5-15(16)23/h3-6,8-9,12H,7,10-11H2,1-2H3,(H,24,26)/t12-/m1/s1. The second-order valence-electron chi connectivity index (χ2n) is 6.72. The Morgan fingerprint density at radius 3 is 2.61 bits per heavy atom. The predicted molar refractivity (Wildman–Crippen MR) is 116 cm³/mol. The van der Waals surface area contributed by atoms with E-state index in [4.69, 9.17) is 37.4 Å². The van der Waals surface area contributed by atoms with Crippen LogP contribution in [0.15, 0.2) is 36.4 Å². The highest BCUT2D eigenvalue weighted by atomic mass is 35.5. The summed E-state index contributed by atoms with van der Waals surface area (Å²) in [5.74, 6) is -1.15. The van der Waals surface area contributed by atoms with E-state index in [1.54, 1.807) is 24.3 Å². The second-order valence-corrected chi connectivity index (χ2v) is 7.57. The SMILES string of the molecule is COc1ccc(N2C[C@H](C(=O)OCC(=O)Nc3cc(Cl)ccc3Cl)CC2=O)c(OC)c1. The molecule has 3 rings (SSSR count). The van der Waals surface area contributed by atoms with E-state index in [1.807, 2.05) is 0 Å². The molecule has 8 nitrogen and oxygen atoms in total. The van der Waals surface area contributed by atoms with Gasteiger partial charge in [0.1, 0.15) is 11.5 Å². The number of nitrogens with zero attached hydrogens (tertiary/aromatic N) is 1. The number of anilines is 2. The highest BCUT2D eigenvalue weighted by Crippen LogP contribution is 2.36. The van der Waals surface area contributed by atoms with Crippen molar-refractivity contribution in [2.45, 2.75) is 6.42 Å². The quantitative estimate of drug-likeness (QED) is 0.627. The predicted octanol–water partition coefficient (Wildman–Crippen LogP) is 3.55. The Morgan fingerprint density at radius 2 is 1.90 bits per heavy atom. The molecule has 2 amide bonds. The van der Waals surface area contributed by atoms with Crippen LogP contribution in [0.2, 0.25) is 10.0 Å². The molecule has 1 saturated heterocycles. The first kappa shape index (κ1) is 22.7. The van der Waals surface area contributed by atoms with Crippen LogP contribution < -0.4 is 19.7 Å². The fourth-order valence-electron chi connectivity index (χ4n) is 3.14. The molecule has 10 heteroatoms. The van der Waals surface area contributed by atoms with Gasteiger partial charge < -0.3 is 24.4 Å². The molecule has 0 saturated carbocycles. The molecule has 2 aromatic rings. The van der Waals surface area contributed by atoms with Crippen molar-refractivity contribution in [3.05, 3.63) is 46.4 Å². The molecule has 0 aliphatic carbocycles. The van der Waals surface area contributed by atoms with Crippen molar-refractivity contribution in [2.24, 2.45) is 5.92 Å². The second kappa shape index (κ2) is 9.89.